The van der Waals surface area contributed by atoms with Crippen molar-refractivity contribution in [1.82, 2.24) is 35.2 Å². The Balaban J connectivity index is 0.000000133. The molecule has 4 aliphatic rings. The zero-order chi connectivity index (χ0) is 36.1. The minimum Gasteiger partial charge on any atom is -0.432 e. The van der Waals surface area contributed by atoms with E-state index in [0.717, 1.165) is 99.7 Å². The minimum atomic E-state index is 0.201. The number of furan rings is 2. The second-order valence-electron chi connectivity index (χ2n) is 12.4. The molecule has 10 heterocycles. The molecule has 4 aliphatic heterocycles. The number of halogens is 3. The second-order valence-corrected chi connectivity index (χ2v) is 14.0. The van der Waals surface area contributed by atoms with Gasteiger partial charge >= 0.3 is 0 Å². The van der Waals surface area contributed by atoms with Crippen molar-refractivity contribution in [3.05, 3.63) is 39.6 Å². The Morgan fingerprint density at radius 2 is 1.02 bits per heavy atom. The second kappa shape index (κ2) is 16.8. The van der Waals surface area contributed by atoms with Crippen LogP contribution in [0.25, 0.3) is 44.4 Å². The highest BCUT2D eigenvalue weighted by Crippen LogP contribution is 2.36. The number of nitrogens with one attached hydrogen (secondary N) is 1. The van der Waals surface area contributed by atoms with Gasteiger partial charge in [-0.25, -0.2) is 19.9 Å². The molecule has 0 aromatic carbocycles. The maximum absolute atomic E-state index is 6.22. The van der Waals surface area contributed by atoms with Crippen molar-refractivity contribution in [1.29, 1.82) is 0 Å². The molecule has 0 aliphatic carbocycles. The lowest BCUT2D eigenvalue weighted by molar-refractivity contribution is 0.109. The number of ether oxygens (including phenoxy) is 4. The van der Waals surface area contributed by atoms with Crippen LogP contribution in [0.2, 0.25) is 10.6 Å². The molecule has 4 fully saturated rings. The Morgan fingerprint density at radius 1 is 0.566 bits per heavy atom. The van der Waals surface area contributed by atoms with Crippen LogP contribution in [0.3, 0.4) is 0 Å². The molecule has 280 valence electrons. The largest absolute Gasteiger partial charge is 0.432 e. The topological polar surface area (TPSA) is 162 Å². The van der Waals surface area contributed by atoms with E-state index in [1.165, 1.54) is 0 Å². The first-order valence-corrected chi connectivity index (χ1v) is 19.0. The van der Waals surface area contributed by atoms with Crippen molar-refractivity contribution in [2.75, 3.05) is 120 Å². The molecular formula is C34H37BrCl2N10O6. The summed E-state index contributed by atoms with van der Waals surface area (Å²) in [6.07, 6.45) is 3.52. The van der Waals surface area contributed by atoms with E-state index in [4.69, 9.17) is 51.0 Å². The smallest absolute Gasteiger partial charge is 0.229 e. The summed E-state index contributed by atoms with van der Waals surface area (Å²) < 4.78 is 34.0. The lowest BCUT2D eigenvalue weighted by Crippen LogP contribution is -2.36. The molecule has 53 heavy (non-hydrogen) atoms. The normalized spacial score (nSPS) is 18.3. The van der Waals surface area contributed by atoms with E-state index >= 15 is 0 Å². The molecule has 1 N–H and O–H groups in total. The third-order valence-electron chi connectivity index (χ3n) is 9.05. The van der Waals surface area contributed by atoms with E-state index in [-0.39, 0.29) is 10.6 Å². The summed E-state index contributed by atoms with van der Waals surface area (Å²) in [7, 11) is 0. The van der Waals surface area contributed by atoms with Crippen LogP contribution in [0.1, 0.15) is 0 Å². The summed E-state index contributed by atoms with van der Waals surface area (Å²) in [5.74, 6) is 1.40. The number of rotatable bonds is 3. The van der Waals surface area contributed by atoms with Gasteiger partial charge in [0.25, 0.3) is 0 Å². The van der Waals surface area contributed by atoms with E-state index < -0.39 is 0 Å². The van der Waals surface area contributed by atoms with Gasteiger partial charge in [-0.2, -0.15) is 9.97 Å². The number of morpholine rings is 4. The van der Waals surface area contributed by atoms with Crippen LogP contribution in [0.5, 0.6) is 0 Å². The Labute approximate surface area is 322 Å². The molecule has 10 rings (SSSR count). The van der Waals surface area contributed by atoms with Gasteiger partial charge in [0, 0.05) is 63.0 Å². The van der Waals surface area contributed by atoms with Crippen molar-refractivity contribution < 1.29 is 27.8 Å². The highest BCUT2D eigenvalue weighted by atomic mass is 79.9. The molecule has 4 saturated heterocycles. The fraction of sp³-hybridized carbons (Fsp3) is 0.471. The summed E-state index contributed by atoms with van der Waals surface area (Å²) in [6.45, 7) is 12.6. The summed E-state index contributed by atoms with van der Waals surface area (Å²) in [6, 6.07) is 3.98. The number of pyridine rings is 2. The van der Waals surface area contributed by atoms with Crippen molar-refractivity contribution in [3.8, 4) is 0 Å². The van der Waals surface area contributed by atoms with E-state index in [9.17, 15) is 0 Å². The maximum Gasteiger partial charge on any atom is 0.229 e. The Kier molecular flexibility index (Phi) is 11.5. The predicted octanol–water partition coefficient (Wildman–Crippen LogP) is 4.73. The summed E-state index contributed by atoms with van der Waals surface area (Å²) >= 11 is 15.7. The molecule has 0 unspecified atom stereocenters. The van der Waals surface area contributed by atoms with Crippen LogP contribution >= 0.6 is 39.1 Å². The van der Waals surface area contributed by atoms with Gasteiger partial charge in [-0.05, 0) is 51.3 Å². The van der Waals surface area contributed by atoms with Gasteiger partial charge in [0.1, 0.15) is 11.0 Å². The molecule has 6 aromatic heterocycles. The third-order valence-corrected chi connectivity index (χ3v) is 9.82. The van der Waals surface area contributed by atoms with Crippen molar-refractivity contribution in [2.45, 2.75) is 0 Å². The average Bonchev–Trinajstić information content (AvgIpc) is 3.77. The molecule has 0 bridgehead atoms. The van der Waals surface area contributed by atoms with E-state index in [2.05, 4.69) is 71.9 Å². The van der Waals surface area contributed by atoms with Gasteiger partial charge < -0.3 is 47.8 Å². The van der Waals surface area contributed by atoms with Gasteiger partial charge in [0.2, 0.25) is 22.0 Å². The monoisotopic (exact) mass is 830 g/mol. The average molecular weight is 833 g/mol. The third kappa shape index (κ3) is 8.22. The summed E-state index contributed by atoms with van der Waals surface area (Å²) in [5, 5.41) is 5.23. The minimum absolute atomic E-state index is 0.201. The van der Waals surface area contributed by atoms with E-state index in [0.29, 0.717) is 71.7 Å². The number of fused-ring (bicyclic) bond motifs is 6. The fourth-order valence-electron chi connectivity index (χ4n) is 6.43. The standard InChI is InChI=1S/C17H18ClN5O3.C13H10BrClN4O2.C4H9NO/c18-17-20-13-12-9-11(22-1-5-24-6-2-22)10-19-16(12)26-14(13)15(21-17)23-3-7-25-8-4-23;14-7-5-8-9-10(21-12(8)16-6-7)11(18-13(15)17-9)19-1-3-20-4-2-19;1-3-6-4-2-5-1/h9-10H,1-8H2;5-6H,1-4H2;5H,1-4H2. The first-order chi connectivity index (χ1) is 26.0. The number of hydrogen-bond donors (Lipinski definition) is 1. The number of anilines is 3. The number of hydrogen-bond acceptors (Lipinski definition) is 16. The Hall–Kier alpha value is -3.68. The quantitative estimate of drug-likeness (QED) is 0.244. The van der Waals surface area contributed by atoms with Crippen molar-refractivity contribution >= 4 is 101 Å². The fourth-order valence-corrected chi connectivity index (χ4v) is 7.09. The lowest BCUT2D eigenvalue weighted by atomic mass is 10.2. The highest BCUT2D eigenvalue weighted by molar-refractivity contribution is 9.10. The SMILES string of the molecule is C1COCCN1.Clc1nc(N2CCOCC2)c2oc3ncc(Br)cc3c2n1.Clc1nc(N2CCOCC2)c2oc3ncc(N4CCOCC4)cc3c2n1. The molecule has 19 heteroatoms. The Bertz CT molecular complexity index is 2180. The van der Waals surface area contributed by atoms with Gasteiger partial charge in [-0.15, -0.1) is 0 Å². The van der Waals surface area contributed by atoms with E-state index in [1.54, 1.807) is 6.20 Å². The van der Waals surface area contributed by atoms with Gasteiger partial charge in [0.15, 0.2) is 22.8 Å². The molecule has 0 radical (unpaired) electrons. The summed E-state index contributed by atoms with van der Waals surface area (Å²) in [4.78, 5) is 32.7. The highest BCUT2D eigenvalue weighted by Gasteiger charge is 2.24. The molecule has 16 nitrogen and oxygen atoms in total. The van der Waals surface area contributed by atoms with Crippen molar-refractivity contribution in [2.24, 2.45) is 0 Å². The zero-order valence-corrected chi connectivity index (χ0v) is 31.8. The van der Waals surface area contributed by atoms with Gasteiger partial charge in [-0.1, -0.05) is 0 Å². The first kappa shape index (κ1) is 36.3. The predicted molar refractivity (Wildman–Crippen MR) is 205 cm³/mol. The van der Waals surface area contributed by atoms with Crippen LogP contribution in [0.4, 0.5) is 17.3 Å². The molecule has 0 saturated carbocycles. The van der Waals surface area contributed by atoms with Gasteiger partial charge in [-0.3, -0.25) is 0 Å². The van der Waals surface area contributed by atoms with Crippen LogP contribution in [-0.4, -0.2) is 135 Å². The number of nitrogens with zero attached hydrogens (tertiary/aromatic N) is 9. The van der Waals surface area contributed by atoms with E-state index in [1.807, 2.05) is 12.3 Å². The molecule has 0 atom stereocenters. The van der Waals surface area contributed by atoms with Crippen LogP contribution in [0, 0.1) is 0 Å². The molecular weight excluding hydrogens is 795 g/mol. The molecule has 0 spiro atoms. The zero-order valence-electron chi connectivity index (χ0n) is 28.7. The van der Waals surface area contributed by atoms with Crippen LogP contribution < -0.4 is 20.0 Å². The van der Waals surface area contributed by atoms with Gasteiger partial charge in [0.05, 0.1) is 75.5 Å². The maximum atomic E-state index is 6.22. The molecule has 0 amide bonds. The first-order valence-electron chi connectivity index (χ1n) is 17.5. The number of aromatic nitrogens is 6. The Morgan fingerprint density at radius 3 is 1.49 bits per heavy atom. The molecule has 6 aromatic rings. The van der Waals surface area contributed by atoms with Crippen molar-refractivity contribution in [3.63, 3.8) is 0 Å². The summed E-state index contributed by atoms with van der Waals surface area (Å²) in [5.41, 5.74) is 4.72. The van der Waals surface area contributed by atoms with Crippen LogP contribution in [0.15, 0.2) is 37.8 Å². The lowest BCUT2D eigenvalue weighted by Gasteiger charge is -2.28. The van der Waals surface area contributed by atoms with Crippen LogP contribution in [-0.2, 0) is 18.9 Å².